The maximum absolute atomic E-state index is 11.7. The van der Waals surface area contributed by atoms with Crippen molar-refractivity contribution in [3.05, 3.63) is 29.6 Å². The van der Waals surface area contributed by atoms with Crippen molar-refractivity contribution in [3.8, 4) is 0 Å². The summed E-state index contributed by atoms with van der Waals surface area (Å²) in [5.41, 5.74) is 1.51. The average Bonchev–Trinajstić information content (AvgIpc) is 2.17. The maximum atomic E-state index is 11.7. The Kier molecular flexibility index (Phi) is 3.59. The summed E-state index contributed by atoms with van der Waals surface area (Å²) >= 11 is 0. The van der Waals surface area contributed by atoms with Crippen molar-refractivity contribution in [2.75, 3.05) is 20.2 Å². The van der Waals surface area contributed by atoms with E-state index >= 15 is 0 Å². The van der Waals surface area contributed by atoms with Crippen LogP contribution in [0.25, 0.3) is 0 Å². The standard InChI is InChI=1S/C10H14N2O2/c1-8-5-9(7-11-6-8)10(14)12(2)3-4-13/h5-7,13H,3-4H2,1-2H3. The van der Waals surface area contributed by atoms with Crippen LogP contribution in [0.3, 0.4) is 0 Å². The number of pyridine rings is 1. The summed E-state index contributed by atoms with van der Waals surface area (Å²) in [5, 5.41) is 8.68. The Morgan fingerprint density at radius 3 is 2.86 bits per heavy atom. The first-order valence-electron chi connectivity index (χ1n) is 4.43. The van der Waals surface area contributed by atoms with Crippen molar-refractivity contribution < 1.29 is 9.90 Å². The van der Waals surface area contributed by atoms with Crippen LogP contribution in [0.5, 0.6) is 0 Å². The number of amides is 1. The molecule has 1 aromatic rings. The predicted molar refractivity (Wildman–Crippen MR) is 53.0 cm³/mol. The average molecular weight is 194 g/mol. The highest BCUT2D eigenvalue weighted by Crippen LogP contribution is 2.04. The second kappa shape index (κ2) is 4.72. The Labute approximate surface area is 83.2 Å². The summed E-state index contributed by atoms with van der Waals surface area (Å²) in [6.07, 6.45) is 3.23. The molecule has 0 atom stereocenters. The van der Waals surface area contributed by atoms with E-state index in [-0.39, 0.29) is 12.5 Å². The molecule has 0 radical (unpaired) electrons. The molecule has 0 spiro atoms. The van der Waals surface area contributed by atoms with Gasteiger partial charge >= 0.3 is 0 Å². The molecule has 14 heavy (non-hydrogen) atoms. The Morgan fingerprint density at radius 1 is 1.57 bits per heavy atom. The zero-order valence-corrected chi connectivity index (χ0v) is 8.40. The third-order valence-corrected chi connectivity index (χ3v) is 1.90. The van der Waals surface area contributed by atoms with E-state index in [1.165, 1.54) is 11.1 Å². The van der Waals surface area contributed by atoms with Gasteiger partial charge in [0, 0.05) is 26.0 Å². The third kappa shape index (κ3) is 2.53. The summed E-state index contributed by atoms with van der Waals surface area (Å²) in [6.45, 7) is 2.20. The van der Waals surface area contributed by atoms with Crippen LogP contribution in [0.2, 0.25) is 0 Å². The minimum absolute atomic E-state index is 0.0263. The Hall–Kier alpha value is -1.42. The first-order chi connectivity index (χ1) is 6.65. The van der Waals surface area contributed by atoms with Crippen molar-refractivity contribution in [2.45, 2.75) is 6.92 Å². The summed E-state index contributed by atoms with van der Waals surface area (Å²) in [4.78, 5) is 17.1. The summed E-state index contributed by atoms with van der Waals surface area (Å²) in [5.74, 6) is -0.116. The topological polar surface area (TPSA) is 53.4 Å². The maximum Gasteiger partial charge on any atom is 0.255 e. The second-order valence-electron chi connectivity index (χ2n) is 3.20. The van der Waals surface area contributed by atoms with E-state index in [0.717, 1.165) is 5.56 Å². The van der Waals surface area contributed by atoms with Crippen molar-refractivity contribution in [1.82, 2.24) is 9.88 Å². The van der Waals surface area contributed by atoms with Gasteiger partial charge in [0.25, 0.3) is 5.91 Å². The van der Waals surface area contributed by atoms with Gasteiger partial charge in [0.1, 0.15) is 0 Å². The highest BCUT2D eigenvalue weighted by Gasteiger charge is 2.10. The lowest BCUT2D eigenvalue weighted by atomic mass is 10.2. The Morgan fingerprint density at radius 2 is 2.29 bits per heavy atom. The fourth-order valence-corrected chi connectivity index (χ4v) is 1.14. The zero-order chi connectivity index (χ0) is 10.6. The first-order valence-corrected chi connectivity index (χ1v) is 4.43. The molecule has 1 rings (SSSR count). The van der Waals surface area contributed by atoms with Crippen LogP contribution in [-0.2, 0) is 0 Å². The molecule has 0 aliphatic heterocycles. The van der Waals surface area contributed by atoms with E-state index < -0.39 is 0 Å². The lowest BCUT2D eigenvalue weighted by Gasteiger charge is -2.15. The van der Waals surface area contributed by atoms with Gasteiger partial charge in [-0.2, -0.15) is 0 Å². The minimum Gasteiger partial charge on any atom is -0.395 e. The van der Waals surface area contributed by atoms with Gasteiger partial charge in [0.05, 0.1) is 12.2 Å². The van der Waals surface area contributed by atoms with E-state index in [4.69, 9.17) is 5.11 Å². The molecule has 0 saturated heterocycles. The van der Waals surface area contributed by atoms with Crippen molar-refractivity contribution in [1.29, 1.82) is 0 Å². The smallest absolute Gasteiger partial charge is 0.255 e. The molecule has 0 aromatic carbocycles. The molecule has 0 unspecified atom stereocenters. The minimum atomic E-state index is -0.116. The molecule has 0 bridgehead atoms. The Balaban J connectivity index is 2.78. The lowest BCUT2D eigenvalue weighted by molar-refractivity contribution is 0.0766. The SMILES string of the molecule is Cc1cncc(C(=O)N(C)CCO)c1. The summed E-state index contributed by atoms with van der Waals surface area (Å²) in [6, 6.07) is 1.78. The number of aliphatic hydroxyl groups is 1. The number of likely N-dealkylation sites (N-methyl/N-ethyl adjacent to an activating group) is 1. The van der Waals surface area contributed by atoms with Crippen LogP contribution in [0.15, 0.2) is 18.5 Å². The molecule has 1 amide bonds. The van der Waals surface area contributed by atoms with Gasteiger partial charge in [-0.3, -0.25) is 9.78 Å². The van der Waals surface area contributed by atoms with Gasteiger partial charge in [-0.1, -0.05) is 0 Å². The monoisotopic (exact) mass is 194 g/mol. The van der Waals surface area contributed by atoms with Gasteiger partial charge in [0.15, 0.2) is 0 Å². The third-order valence-electron chi connectivity index (χ3n) is 1.90. The fraction of sp³-hybridized carbons (Fsp3) is 0.400. The number of nitrogens with zero attached hydrogens (tertiary/aromatic N) is 2. The van der Waals surface area contributed by atoms with Crippen LogP contribution in [0, 0.1) is 6.92 Å². The molecular weight excluding hydrogens is 180 g/mol. The predicted octanol–water partition coefficient (Wildman–Crippen LogP) is 0.454. The van der Waals surface area contributed by atoms with Gasteiger partial charge in [-0.25, -0.2) is 0 Å². The van der Waals surface area contributed by atoms with Crippen LogP contribution in [0.4, 0.5) is 0 Å². The zero-order valence-electron chi connectivity index (χ0n) is 8.40. The van der Waals surface area contributed by atoms with E-state index in [1.807, 2.05) is 6.92 Å². The van der Waals surface area contributed by atoms with Crippen molar-refractivity contribution >= 4 is 5.91 Å². The van der Waals surface area contributed by atoms with Gasteiger partial charge in [-0.15, -0.1) is 0 Å². The largest absolute Gasteiger partial charge is 0.395 e. The lowest BCUT2D eigenvalue weighted by Crippen LogP contribution is -2.29. The van der Waals surface area contributed by atoms with Crippen LogP contribution in [-0.4, -0.2) is 41.1 Å². The molecule has 0 aliphatic rings. The van der Waals surface area contributed by atoms with Crippen molar-refractivity contribution in [3.63, 3.8) is 0 Å². The number of rotatable bonds is 3. The van der Waals surface area contributed by atoms with Gasteiger partial charge in [0.2, 0.25) is 0 Å². The van der Waals surface area contributed by atoms with Gasteiger partial charge in [-0.05, 0) is 18.6 Å². The number of hydrogen-bond acceptors (Lipinski definition) is 3. The number of hydrogen-bond donors (Lipinski definition) is 1. The Bertz CT molecular complexity index is 326. The summed E-state index contributed by atoms with van der Waals surface area (Å²) < 4.78 is 0. The fourth-order valence-electron chi connectivity index (χ4n) is 1.14. The number of aromatic nitrogens is 1. The van der Waals surface area contributed by atoms with Crippen LogP contribution < -0.4 is 0 Å². The number of carbonyl (C=O) groups is 1. The second-order valence-corrected chi connectivity index (χ2v) is 3.20. The number of aryl methyl sites for hydroxylation is 1. The molecule has 1 heterocycles. The van der Waals surface area contributed by atoms with Gasteiger partial charge < -0.3 is 10.0 Å². The van der Waals surface area contributed by atoms with E-state index in [0.29, 0.717) is 12.1 Å². The molecule has 1 aromatic heterocycles. The highest BCUT2D eigenvalue weighted by molar-refractivity contribution is 5.93. The van der Waals surface area contributed by atoms with E-state index in [1.54, 1.807) is 19.3 Å². The van der Waals surface area contributed by atoms with Crippen molar-refractivity contribution in [2.24, 2.45) is 0 Å². The highest BCUT2D eigenvalue weighted by atomic mass is 16.3. The normalized spacial score (nSPS) is 9.93. The van der Waals surface area contributed by atoms with E-state index in [9.17, 15) is 4.79 Å². The molecule has 76 valence electrons. The molecule has 4 nitrogen and oxygen atoms in total. The number of carbonyl (C=O) groups excluding carboxylic acids is 1. The molecule has 0 saturated carbocycles. The molecule has 0 aliphatic carbocycles. The quantitative estimate of drug-likeness (QED) is 0.760. The van der Waals surface area contributed by atoms with E-state index in [2.05, 4.69) is 4.98 Å². The molecule has 4 heteroatoms. The molecule has 0 fully saturated rings. The molecular formula is C10H14N2O2. The van der Waals surface area contributed by atoms with Crippen LogP contribution in [0.1, 0.15) is 15.9 Å². The number of aliphatic hydroxyl groups excluding tert-OH is 1. The summed E-state index contributed by atoms with van der Waals surface area (Å²) in [7, 11) is 1.65. The molecule has 1 N–H and O–H groups in total. The first kappa shape index (κ1) is 10.7. The van der Waals surface area contributed by atoms with Crippen LogP contribution >= 0.6 is 0 Å².